The van der Waals surface area contributed by atoms with Crippen LogP contribution in [0.1, 0.15) is 0 Å². The molecule has 1 aromatic rings. The number of nitrogens with two attached hydrogens (primary N) is 1. The lowest BCUT2D eigenvalue weighted by Gasteiger charge is -2.07. The van der Waals surface area contributed by atoms with Gasteiger partial charge in [0.05, 0.1) is 6.20 Å². The maximum absolute atomic E-state index is 11.7. The number of aliphatic hydroxyl groups excluding tert-OH is 1. The zero-order valence-electron chi connectivity index (χ0n) is 9.55. The van der Waals surface area contributed by atoms with Crippen LogP contribution in [-0.2, 0) is 26.2 Å². The van der Waals surface area contributed by atoms with E-state index < -0.39 is 41.1 Å². The van der Waals surface area contributed by atoms with E-state index in [0.29, 0.717) is 0 Å². The van der Waals surface area contributed by atoms with E-state index in [-0.39, 0.29) is 4.90 Å². The SMILES string of the molecule is NC(=O)C(O)CNS(=O)(=O)c1cnn(CC(=O)O)c1. The first-order chi connectivity index (χ1) is 8.72. The predicted octanol–water partition coefficient (Wildman–Crippen LogP) is -2.91. The van der Waals surface area contributed by atoms with Crippen molar-refractivity contribution in [1.82, 2.24) is 14.5 Å². The lowest BCUT2D eigenvalue weighted by Crippen LogP contribution is -2.39. The summed E-state index contributed by atoms with van der Waals surface area (Å²) in [5.74, 6) is -2.24. The number of primary amides is 1. The number of aliphatic carboxylic acids is 1. The van der Waals surface area contributed by atoms with E-state index >= 15 is 0 Å². The molecule has 0 aliphatic rings. The normalized spacial score (nSPS) is 13.1. The Morgan fingerprint density at radius 2 is 2.16 bits per heavy atom. The molecule has 106 valence electrons. The second kappa shape index (κ2) is 5.77. The molecule has 1 rings (SSSR count). The summed E-state index contributed by atoms with van der Waals surface area (Å²) in [6, 6.07) is 0. The Hall–Kier alpha value is -1.98. The van der Waals surface area contributed by atoms with Crippen LogP contribution in [0.5, 0.6) is 0 Å². The predicted molar refractivity (Wildman–Crippen MR) is 60.3 cm³/mol. The van der Waals surface area contributed by atoms with Gasteiger partial charge >= 0.3 is 5.97 Å². The highest BCUT2D eigenvalue weighted by Gasteiger charge is 2.20. The Labute approximate surface area is 107 Å². The number of nitrogens with zero attached hydrogens (tertiary/aromatic N) is 2. The average molecular weight is 292 g/mol. The first kappa shape index (κ1) is 15.1. The van der Waals surface area contributed by atoms with Crippen molar-refractivity contribution in [3.8, 4) is 0 Å². The minimum absolute atomic E-state index is 0.287. The van der Waals surface area contributed by atoms with Crippen molar-refractivity contribution in [3.05, 3.63) is 12.4 Å². The van der Waals surface area contributed by atoms with Crippen LogP contribution in [0.3, 0.4) is 0 Å². The van der Waals surface area contributed by atoms with Crippen LogP contribution in [-0.4, -0.2) is 52.9 Å². The fourth-order valence-corrected chi connectivity index (χ4v) is 2.07. The molecule has 10 nitrogen and oxygen atoms in total. The van der Waals surface area contributed by atoms with Crippen molar-refractivity contribution >= 4 is 21.9 Å². The van der Waals surface area contributed by atoms with Crippen molar-refractivity contribution in [3.63, 3.8) is 0 Å². The van der Waals surface area contributed by atoms with E-state index in [1.165, 1.54) is 0 Å². The summed E-state index contributed by atoms with van der Waals surface area (Å²) in [4.78, 5) is 20.7. The van der Waals surface area contributed by atoms with Crippen LogP contribution in [0.4, 0.5) is 0 Å². The van der Waals surface area contributed by atoms with Crippen LogP contribution < -0.4 is 10.5 Å². The van der Waals surface area contributed by atoms with Crippen LogP contribution in [0, 0.1) is 0 Å². The third-order valence-corrected chi connectivity index (χ3v) is 3.39. The van der Waals surface area contributed by atoms with Gasteiger partial charge in [-0.15, -0.1) is 0 Å². The van der Waals surface area contributed by atoms with Crippen LogP contribution >= 0.6 is 0 Å². The molecular formula is C8H12N4O6S. The summed E-state index contributed by atoms with van der Waals surface area (Å²) in [7, 11) is -4.00. The number of amides is 1. The molecule has 0 fully saturated rings. The van der Waals surface area contributed by atoms with Gasteiger partial charge in [-0.2, -0.15) is 5.10 Å². The Kier molecular flexibility index (Phi) is 4.58. The number of rotatable bonds is 7. The molecule has 0 saturated carbocycles. The highest BCUT2D eigenvalue weighted by molar-refractivity contribution is 7.89. The van der Waals surface area contributed by atoms with Crippen molar-refractivity contribution in [1.29, 1.82) is 0 Å². The Morgan fingerprint density at radius 3 is 2.68 bits per heavy atom. The Morgan fingerprint density at radius 1 is 1.53 bits per heavy atom. The number of carbonyl (C=O) groups is 2. The number of aliphatic hydroxyl groups is 1. The molecule has 1 amide bonds. The third kappa shape index (κ3) is 4.31. The average Bonchev–Trinajstić information content (AvgIpc) is 2.74. The van der Waals surface area contributed by atoms with Gasteiger partial charge in [0.2, 0.25) is 15.9 Å². The summed E-state index contributed by atoms with van der Waals surface area (Å²) >= 11 is 0. The number of carbonyl (C=O) groups excluding carboxylic acids is 1. The van der Waals surface area contributed by atoms with Gasteiger partial charge in [0, 0.05) is 12.7 Å². The standard InChI is InChI=1S/C8H12N4O6S/c9-8(16)6(13)2-11-19(17,18)5-1-10-12(3-5)4-7(14)15/h1,3,6,11,13H,2,4H2,(H2,9,16)(H,14,15). The Balaban J connectivity index is 2.75. The number of carboxylic acids is 1. The molecule has 0 radical (unpaired) electrons. The van der Waals surface area contributed by atoms with E-state index in [9.17, 15) is 18.0 Å². The van der Waals surface area contributed by atoms with E-state index in [1.54, 1.807) is 0 Å². The van der Waals surface area contributed by atoms with E-state index in [0.717, 1.165) is 17.1 Å². The molecule has 1 unspecified atom stereocenters. The number of aromatic nitrogens is 2. The molecule has 0 saturated heterocycles. The summed E-state index contributed by atoms with van der Waals surface area (Å²) in [6.45, 7) is -1.07. The number of carboxylic acid groups (broad SMARTS) is 1. The van der Waals surface area contributed by atoms with Gasteiger partial charge < -0.3 is 15.9 Å². The van der Waals surface area contributed by atoms with Gasteiger partial charge in [-0.05, 0) is 0 Å². The highest BCUT2D eigenvalue weighted by Crippen LogP contribution is 2.06. The second-order valence-electron chi connectivity index (χ2n) is 3.54. The second-order valence-corrected chi connectivity index (χ2v) is 5.30. The maximum atomic E-state index is 11.7. The molecular weight excluding hydrogens is 280 g/mol. The summed E-state index contributed by atoms with van der Waals surface area (Å²) in [6.07, 6.45) is 0.304. The first-order valence-corrected chi connectivity index (χ1v) is 6.42. The largest absolute Gasteiger partial charge is 0.480 e. The minimum Gasteiger partial charge on any atom is -0.480 e. The molecule has 11 heteroatoms. The molecule has 1 heterocycles. The van der Waals surface area contributed by atoms with E-state index in [1.807, 2.05) is 4.72 Å². The summed E-state index contributed by atoms with van der Waals surface area (Å²) in [5.41, 5.74) is 4.76. The monoisotopic (exact) mass is 292 g/mol. The summed E-state index contributed by atoms with van der Waals surface area (Å²) in [5, 5.41) is 21.1. The maximum Gasteiger partial charge on any atom is 0.325 e. The van der Waals surface area contributed by atoms with Gasteiger partial charge in [-0.25, -0.2) is 13.1 Å². The van der Waals surface area contributed by atoms with Crippen LogP contribution in [0.15, 0.2) is 17.3 Å². The highest BCUT2D eigenvalue weighted by atomic mass is 32.2. The molecule has 0 aliphatic heterocycles. The minimum atomic E-state index is -4.00. The van der Waals surface area contributed by atoms with Crippen LogP contribution in [0.25, 0.3) is 0 Å². The quantitative estimate of drug-likeness (QED) is 0.418. The van der Waals surface area contributed by atoms with E-state index in [2.05, 4.69) is 5.10 Å². The molecule has 5 N–H and O–H groups in total. The molecule has 19 heavy (non-hydrogen) atoms. The molecule has 1 atom stereocenters. The summed E-state index contributed by atoms with van der Waals surface area (Å²) < 4.78 is 26.2. The lowest BCUT2D eigenvalue weighted by atomic mass is 10.3. The van der Waals surface area contributed by atoms with Gasteiger partial charge in [0.25, 0.3) is 0 Å². The molecule has 1 aromatic heterocycles. The van der Waals surface area contributed by atoms with Gasteiger partial charge in [0.1, 0.15) is 17.5 Å². The van der Waals surface area contributed by atoms with Gasteiger partial charge in [-0.1, -0.05) is 0 Å². The first-order valence-electron chi connectivity index (χ1n) is 4.93. The van der Waals surface area contributed by atoms with Crippen molar-refractivity contribution in [2.75, 3.05) is 6.54 Å². The lowest BCUT2D eigenvalue weighted by molar-refractivity contribution is -0.137. The molecule has 0 aliphatic carbocycles. The van der Waals surface area contributed by atoms with Crippen molar-refractivity contribution in [2.45, 2.75) is 17.5 Å². The topological polar surface area (TPSA) is 165 Å². The number of sulfonamides is 1. The number of nitrogens with one attached hydrogen (secondary N) is 1. The smallest absolute Gasteiger partial charge is 0.325 e. The molecule has 0 aromatic carbocycles. The molecule has 0 spiro atoms. The third-order valence-electron chi connectivity index (χ3n) is 2.01. The fourth-order valence-electron chi connectivity index (χ4n) is 1.08. The van der Waals surface area contributed by atoms with E-state index in [4.69, 9.17) is 15.9 Å². The number of hydrogen-bond donors (Lipinski definition) is 4. The fraction of sp³-hybridized carbons (Fsp3) is 0.375. The Bertz CT molecular complexity index is 580. The van der Waals surface area contributed by atoms with Gasteiger partial charge in [-0.3, -0.25) is 14.3 Å². The zero-order valence-corrected chi connectivity index (χ0v) is 10.4. The van der Waals surface area contributed by atoms with Crippen molar-refractivity contribution in [2.24, 2.45) is 5.73 Å². The molecule has 0 bridgehead atoms. The number of hydrogen-bond acceptors (Lipinski definition) is 6. The zero-order chi connectivity index (χ0) is 14.6. The van der Waals surface area contributed by atoms with Crippen LogP contribution in [0.2, 0.25) is 0 Å². The van der Waals surface area contributed by atoms with Crippen molar-refractivity contribution < 1.29 is 28.2 Å². The van der Waals surface area contributed by atoms with Gasteiger partial charge in [0.15, 0.2) is 0 Å².